The zero-order chi connectivity index (χ0) is 14.4. The summed E-state index contributed by atoms with van der Waals surface area (Å²) in [6.45, 7) is 3.18. The number of aryl methyl sites for hydroxylation is 1. The number of hydrogen-bond acceptors (Lipinski definition) is 4. The molecule has 0 saturated carbocycles. The van der Waals surface area contributed by atoms with E-state index in [2.05, 4.69) is 0 Å². The molecule has 1 aromatic heterocycles. The van der Waals surface area contributed by atoms with Crippen LogP contribution in [0, 0.1) is 6.92 Å². The SMILES string of the molecule is CC(=O)c1c(O)c2ccc3c(C)cccc3c2oc1=O. The van der Waals surface area contributed by atoms with E-state index in [0.29, 0.717) is 11.0 Å². The van der Waals surface area contributed by atoms with Gasteiger partial charge in [0, 0.05) is 5.39 Å². The van der Waals surface area contributed by atoms with Crippen molar-refractivity contribution in [2.75, 3.05) is 0 Å². The van der Waals surface area contributed by atoms with Crippen LogP contribution in [0.5, 0.6) is 5.75 Å². The summed E-state index contributed by atoms with van der Waals surface area (Å²) in [6.07, 6.45) is 0. The molecule has 0 aliphatic heterocycles. The number of benzene rings is 2. The Hall–Kier alpha value is -2.62. The van der Waals surface area contributed by atoms with Crippen molar-refractivity contribution in [3.8, 4) is 5.75 Å². The quantitative estimate of drug-likeness (QED) is 0.418. The zero-order valence-electron chi connectivity index (χ0n) is 11.1. The number of aromatic hydroxyl groups is 1. The monoisotopic (exact) mass is 268 g/mol. The fraction of sp³-hybridized carbons (Fsp3) is 0.125. The van der Waals surface area contributed by atoms with Crippen molar-refractivity contribution in [3.05, 3.63) is 51.9 Å². The Morgan fingerprint density at radius 3 is 2.50 bits per heavy atom. The van der Waals surface area contributed by atoms with Crippen LogP contribution >= 0.6 is 0 Å². The van der Waals surface area contributed by atoms with E-state index in [1.54, 1.807) is 6.07 Å². The summed E-state index contributed by atoms with van der Waals surface area (Å²) < 4.78 is 5.27. The number of fused-ring (bicyclic) bond motifs is 3. The Kier molecular flexibility index (Phi) is 2.61. The van der Waals surface area contributed by atoms with E-state index in [1.807, 2.05) is 31.2 Å². The minimum Gasteiger partial charge on any atom is -0.506 e. The first-order chi connectivity index (χ1) is 9.50. The number of hydrogen-bond donors (Lipinski definition) is 1. The molecule has 0 bridgehead atoms. The lowest BCUT2D eigenvalue weighted by molar-refractivity contribution is 0.101. The van der Waals surface area contributed by atoms with Crippen molar-refractivity contribution in [2.45, 2.75) is 13.8 Å². The van der Waals surface area contributed by atoms with Crippen molar-refractivity contribution in [3.63, 3.8) is 0 Å². The molecular weight excluding hydrogens is 256 g/mol. The van der Waals surface area contributed by atoms with E-state index in [0.717, 1.165) is 16.3 Å². The topological polar surface area (TPSA) is 67.5 Å². The third kappa shape index (κ3) is 1.61. The molecule has 100 valence electrons. The largest absolute Gasteiger partial charge is 0.506 e. The molecule has 0 saturated heterocycles. The van der Waals surface area contributed by atoms with Gasteiger partial charge in [-0.25, -0.2) is 4.79 Å². The summed E-state index contributed by atoms with van der Waals surface area (Å²) >= 11 is 0. The zero-order valence-corrected chi connectivity index (χ0v) is 11.1. The first kappa shape index (κ1) is 12.4. The number of Topliss-reactive ketones (excluding diaryl/α,β-unsaturated/α-hetero) is 1. The van der Waals surface area contributed by atoms with Gasteiger partial charge < -0.3 is 9.52 Å². The fourth-order valence-electron chi connectivity index (χ4n) is 2.47. The molecule has 0 aliphatic carbocycles. The van der Waals surface area contributed by atoms with Crippen LogP contribution in [0.2, 0.25) is 0 Å². The Labute approximate surface area is 114 Å². The van der Waals surface area contributed by atoms with Crippen molar-refractivity contribution in [2.24, 2.45) is 0 Å². The molecule has 3 rings (SSSR count). The molecule has 0 spiro atoms. The van der Waals surface area contributed by atoms with Crippen LogP contribution in [-0.2, 0) is 0 Å². The first-order valence-corrected chi connectivity index (χ1v) is 6.19. The summed E-state index contributed by atoms with van der Waals surface area (Å²) in [5, 5.41) is 12.2. The number of carbonyl (C=O) groups is 1. The van der Waals surface area contributed by atoms with Gasteiger partial charge in [0.1, 0.15) is 16.9 Å². The average molecular weight is 268 g/mol. The van der Waals surface area contributed by atoms with Gasteiger partial charge in [0.25, 0.3) is 0 Å². The first-order valence-electron chi connectivity index (χ1n) is 6.19. The van der Waals surface area contributed by atoms with Crippen LogP contribution < -0.4 is 5.63 Å². The van der Waals surface area contributed by atoms with Crippen LogP contribution in [0.15, 0.2) is 39.5 Å². The van der Waals surface area contributed by atoms with Gasteiger partial charge in [0.05, 0.1) is 5.39 Å². The minimum atomic E-state index is -0.809. The molecule has 3 aromatic rings. The summed E-state index contributed by atoms with van der Waals surface area (Å²) in [7, 11) is 0. The maximum absolute atomic E-state index is 11.9. The normalized spacial score (nSPS) is 11.1. The van der Waals surface area contributed by atoms with Gasteiger partial charge in [-0.1, -0.05) is 24.3 Å². The lowest BCUT2D eigenvalue weighted by Crippen LogP contribution is -2.11. The molecule has 1 heterocycles. The highest BCUT2D eigenvalue weighted by Gasteiger charge is 2.19. The van der Waals surface area contributed by atoms with E-state index in [4.69, 9.17) is 4.42 Å². The van der Waals surface area contributed by atoms with Gasteiger partial charge in [-0.05, 0) is 30.9 Å². The van der Waals surface area contributed by atoms with Gasteiger partial charge in [0.2, 0.25) is 0 Å². The molecule has 4 heteroatoms. The van der Waals surface area contributed by atoms with E-state index < -0.39 is 11.4 Å². The molecule has 0 amide bonds. The van der Waals surface area contributed by atoms with E-state index in [-0.39, 0.29) is 11.3 Å². The standard InChI is InChI=1S/C16H12O4/c1-8-4-3-5-11-10(8)6-7-12-14(18)13(9(2)17)16(19)20-15(11)12/h3-7,18H,1-2H3. The highest BCUT2D eigenvalue weighted by molar-refractivity contribution is 6.10. The maximum Gasteiger partial charge on any atom is 0.351 e. The Morgan fingerprint density at radius 1 is 1.10 bits per heavy atom. The third-order valence-corrected chi connectivity index (χ3v) is 3.47. The van der Waals surface area contributed by atoms with E-state index >= 15 is 0 Å². The van der Waals surface area contributed by atoms with Gasteiger partial charge in [0.15, 0.2) is 5.78 Å². The second-order valence-electron chi connectivity index (χ2n) is 4.78. The summed E-state index contributed by atoms with van der Waals surface area (Å²) in [5.41, 5.74) is 0.238. The molecule has 1 N–H and O–H groups in total. The van der Waals surface area contributed by atoms with Gasteiger partial charge >= 0.3 is 5.63 Å². The van der Waals surface area contributed by atoms with Crippen molar-refractivity contribution in [1.29, 1.82) is 0 Å². The Balaban J connectivity index is 2.58. The predicted molar refractivity (Wildman–Crippen MR) is 76.4 cm³/mol. The molecule has 0 aliphatic rings. The number of carbonyl (C=O) groups excluding carboxylic acids is 1. The van der Waals surface area contributed by atoms with Crippen LogP contribution in [0.1, 0.15) is 22.8 Å². The van der Waals surface area contributed by atoms with Crippen LogP contribution in [0.25, 0.3) is 21.7 Å². The molecule has 0 radical (unpaired) electrons. The van der Waals surface area contributed by atoms with Gasteiger partial charge in [-0.15, -0.1) is 0 Å². The van der Waals surface area contributed by atoms with Gasteiger partial charge in [-0.2, -0.15) is 0 Å². The maximum atomic E-state index is 11.9. The van der Waals surface area contributed by atoms with E-state index in [1.165, 1.54) is 6.92 Å². The smallest absolute Gasteiger partial charge is 0.351 e. The van der Waals surface area contributed by atoms with E-state index in [9.17, 15) is 14.7 Å². The predicted octanol–water partition coefficient (Wildman–Crippen LogP) is 3.16. The highest BCUT2D eigenvalue weighted by atomic mass is 16.4. The minimum absolute atomic E-state index is 0.301. The molecule has 0 unspecified atom stereocenters. The summed E-state index contributed by atoms with van der Waals surface area (Å²) in [6, 6.07) is 9.13. The molecule has 2 aromatic carbocycles. The van der Waals surface area contributed by atoms with Crippen molar-refractivity contribution in [1.82, 2.24) is 0 Å². The Bertz CT molecular complexity index is 919. The lowest BCUT2D eigenvalue weighted by Gasteiger charge is -2.08. The highest BCUT2D eigenvalue weighted by Crippen LogP contribution is 2.32. The van der Waals surface area contributed by atoms with Crippen LogP contribution in [0.4, 0.5) is 0 Å². The van der Waals surface area contributed by atoms with Crippen molar-refractivity contribution >= 4 is 27.5 Å². The molecule has 0 fully saturated rings. The third-order valence-electron chi connectivity index (χ3n) is 3.47. The Morgan fingerprint density at radius 2 is 1.80 bits per heavy atom. The van der Waals surface area contributed by atoms with Crippen LogP contribution in [0.3, 0.4) is 0 Å². The second kappa shape index (κ2) is 4.20. The molecular formula is C16H12O4. The lowest BCUT2D eigenvalue weighted by atomic mass is 10.0. The summed E-state index contributed by atoms with van der Waals surface area (Å²) in [5.74, 6) is -0.824. The second-order valence-corrected chi connectivity index (χ2v) is 4.78. The number of ketones is 1. The van der Waals surface area contributed by atoms with Gasteiger partial charge in [-0.3, -0.25) is 4.79 Å². The number of rotatable bonds is 1. The molecule has 4 nitrogen and oxygen atoms in total. The summed E-state index contributed by atoms with van der Waals surface area (Å²) in [4.78, 5) is 23.3. The average Bonchev–Trinajstić information content (AvgIpc) is 2.38. The molecule has 0 atom stereocenters. The van der Waals surface area contributed by atoms with Crippen LogP contribution in [-0.4, -0.2) is 10.9 Å². The fourth-order valence-corrected chi connectivity index (χ4v) is 2.47. The molecule has 20 heavy (non-hydrogen) atoms. The van der Waals surface area contributed by atoms with Crippen molar-refractivity contribution < 1.29 is 14.3 Å².